The van der Waals surface area contributed by atoms with Crippen LogP contribution < -0.4 is 15.8 Å². The van der Waals surface area contributed by atoms with Crippen molar-refractivity contribution in [2.24, 2.45) is 4.99 Å². The Morgan fingerprint density at radius 3 is 2.95 bits per heavy atom. The quantitative estimate of drug-likeness (QED) is 0.804. The first-order valence-electron chi connectivity index (χ1n) is 6.49. The summed E-state index contributed by atoms with van der Waals surface area (Å²) in [6.45, 7) is 1.38. The van der Waals surface area contributed by atoms with Crippen molar-refractivity contribution in [3.63, 3.8) is 0 Å². The van der Waals surface area contributed by atoms with Gasteiger partial charge < -0.3 is 4.90 Å². The molecule has 0 amide bonds. The molecule has 3 heterocycles. The molecule has 1 saturated heterocycles. The minimum Gasteiger partial charge on any atom is -0.334 e. The summed E-state index contributed by atoms with van der Waals surface area (Å²) in [7, 11) is 0. The number of dihydropyridines is 1. The van der Waals surface area contributed by atoms with Gasteiger partial charge in [0.15, 0.2) is 0 Å². The predicted molar refractivity (Wildman–Crippen MR) is 75.2 cm³/mol. The average molecular weight is 271 g/mol. The van der Waals surface area contributed by atoms with Crippen LogP contribution in [0.3, 0.4) is 0 Å². The molecule has 3 aliphatic heterocycles. The lowest BCUT2D eigenvalue weighted by Gasteiger charge is -2.43. The van der Waals surface area contributed by atoms with Crippen molar-refractivity contribution in [2.45, 2.75) is 5.79 Å². The molecule has 1 atom stereocenters. The van der Waals surface area contributed by atoms with Crippen LogP contribution in [0.5, 0.6) is 0 Å². The molecule has 0 aliphatic carbocycles. The fourth-order valence-electron chi connectivity index (χ4n) is 2.78. The van der Waals surface area contributed by atoms with E-state index >= 15 is 0 Å². The van der Waals surface area contributed by atoms with E-state index in [1.807, 2.05) is 12.2 Å². The van der Waals surface area contributed by atoms with Crippen molar-refractivity contribution in [1.82, 2.24) is 15.8 Å². The topological polar surface area (TPSA) is 42.9 Å². The Balaban J connectivity index is 1.75. The van der Waals surface area contributed by atoms with Crippen molar-refractivity contribution in [3.8, 4) is 0 Å². The summed E-state index contributed by atoms with van der Waals surface area (Å²) in [6.07, 6.45) is 7.81. The molecule has 4 rings (SSSR count). The van der Waals surface area contributed by atoms with Gasteiger partial charge in [0.25, 0.3) is 0 Å². The maximum Gasteiger partial charge on any atom is 0.210 e. The molecule has 0 saturated carbocycles. The summed E-state index contributed by atoms with van der Waals surface area (Å²) >= 11 is 0. The number of nitrogens with zero attached hydrogens (tertiary/aromatic N) is 3. The third-order valence-corrected chi connectivity index (χ3v) is 3.79. The molecule has 1 aromatic carbocycles. The van der Waals surface area contributed by atoms with Gasteiger partial charge >= 0.3 is 0 Å². The Kier molecular flexibility index (Phi) is 2.50. The zero-order chi connectivity index (χ0) is 13.6. The first kappa shape index (κ1) is 11.8. The van der Waals surface area contributed by atoms with E-state index in [1.165, 1.54) is 12.1 Å². The maximum absolute atomic E-state index is 13.0. The highest BCUT2D eigenvalue weighted by molar-refractivity contribution is 5.76. The zero-order valence-corrected chi connectivity index (χ0v) is 10.8. The van der Waals surface area contributed by atoms with Crippen LogP contribution in [0, 0.1) is 5.82 Å². The Labute approximate surface area is 116 Å². The number of allylic oxidation sites excluding steroid dienone is 1. The zero-order valence-electron chi connectivity index (χ0n) is 10.8. The number of hydrazine groups is 1. The van der Waals surface area contributed by atoms with E-state index in [2.05, 4.69) is 31.8 Å². The molecule has 20 heavy (non-hydrogen) atoms. The number of hydrogen-bond donors (Lipinski definition) is 2. The van der Waals surface area contributed by atoms with Gasteiger partial charge in [0.1, 0.15) is 5.82 Å². The summed E-state index contributed by atoms with van der Waals surface area (Å²) in [4.78, 5) is 8.85. The van der Waals surface area contributed by atoms with Gasteiger partial charge in [-0.25, -0.2) is 25.1 Å². The maximum atomic E-state index is 13.0. The van der Waals surface area contributed by atoms with E-state index in [-0.39, 0.29) is 5.82 Å². The van der Waals surface area contributed by atoms with E-state index < -0.39 is 5.79 Å². The summed E-state index contributed by atoms with van der Waals surface area (Å²) < 4.78 is 13.0. The Bertz CT molecular complexity index is 621. The number of rotatable bonds is 1. The van der Waals surface area contributed by atoms with E-state index in [4.69, 9.17) is 0 Å². The average Bonchev–Trinajstić information content (AvgIpc) is 2.88. The Morgan fingerprint density at radius 1 is 1.25 bits per heavy atom. The molecule has 2 N–H and O–H groups in total. The van der Waals surface area contributed by atoms with Crippen LogP contribution in [0.25, 0.3) is 0 Å². The van der Waals surface area contributed by atoms with Crippen molar-refractivity contribution in [2.75, 3.05) is 18.2 Å². The Hall–Kier alpha value is -2.02. The third kappa shape index (κ3) is 1.62. The van der Waals surface area contributed by atoms with E-state index in [1.54, 1.807) is 18.3 Å². The molecule has 1 aromatic rings. The van der Waals surface area contributed by atoms with Gasteiger partial charge in [-0.3, -0.25) is 0 Å². The van der Waals surface area contributed by atoms with Gasteiger partial charge in [0.2, 0.25) is 5.79 Å². The van der Waals surface area contributed by atoms with Crippen LogP contribution in [0.15, 0.2) is 53.2 Å². The van der Waals surface area contributed by atoms with Crippen LogP contribution in [-0.2, 0) is 0 Å². The molecule has 6 heteroatoms. The molecule has 1 fully saturated rings. The van der Waals surface area contributed by atoms with E-state index in [9.17, 15) is 4.39 Å². The number of anilines is 1. The fourth-order valence-corrected chi connectivity index (χ4v) is 2.78. The molecule has 5 nitrogen and oxygen atoms in total. The molecular weight excluding hydrogens is 257 g/mol. The van der Waals surface area contributed by atoms with Gasteiger partial charge in [0, 0.05) is 23.7 Å². The minimum absolute atomic E-state index is 0.223. The van der Waals surface area contributed by atoms with Crippen LogP contribution in [0.2, 0.25) is 0 Å². The predicted octanol–water partition coefficient (Wildman–Crippen LogP) is 1.15. The summed E-state index contributed by atoms with van der Waals surface area (Å²) in [5.74, 6) is -0.731. The SMILES string of the molecule is Fc1ccc(N2C=C3C=CC=NC34NNCN4C2)cc1. The van der Waals surface area contributed by atoms with Gasteiger partial charge in [-0.2, -0.15) is 0 Å². The number of hydrogen-bond acceptors (Lipinski definition) is 5. The van der Waals surface area contributed by atoms with E-state index in [0.717, 1.165) is 11.3 Å². The number of aliphatic imine (C=N–C) groups is 1. The largest absolute Gasteiger partial charge is 0.334 e. The highest BCUT2D eigenvalue weighted by atomic mass is 19.1. The van der Waals surface area contributed by atoms with Crippen molar-refractivity contribution >= 4 is 11.9 Å². The number of nitrogens with one attached hydrogen (secondary N) is 2. The lowest BCUT2D eigenvalue weighted by molar-refractivity contribution is 0.160. The van der Waals surface area contributed by atoms with Crippen molar-refractivity contribution in [3.05, 3.63) is 54.0 Å². The van der Waals surface area contributed by atoms with Gasteiger partial charge in [-0.05, 0) is 30.3 Å². The second-order valence-electron chi connectivity index (χ2n) is 4.98. The third-order valence-electron chi connectivity index (χ3n) is 3.79. The van der Waals surface area contributed by atoms with Crippen LogP contribution in [0.4, 0.5) is 10.1 Å². The second-order valence-corrected chi connectivity index (χ2v) is 4.98. The standard InChI is InChI=1S/C14H14FN5/c15-12-3-5-13(6-4-12)19-8-11-2-1-7-16-14(11)18-17-9-20(14)10-19/h1-8,17-18H,9-10H2. The van der Waals surface area contributed by atoms with Crippen LogP contribution in [-0.4, -0.2) is 30.2 Å². The first-order valence-corrected chi connectivity index (χ1v) is 6.49. The van der Waals surface area contributed by atoms with Crippen molar-refractivity contribution in [1.29, 1.82) is 0 Å². The van der Waals surface area contributed by atoms with Crippen LogP contribution in [0.1, 0.15) is 0 Å². The molecule has 1 spiro atoms. The van der Waals surface area contributed by atoms with E-state index in [0.29, 0.717) is 13.3 Å². The monoisotopic (exact) mass is 271 g/mol. The number of halogens is 1. The first-order chi connectivity index (χ1) is 9.78. The number of benzene rings is 1. The van der Waals surface area contributed by atoms with Gasteiger partial charge in [-0.1, -0.05) is 6.08 Å². The van der Waals surface area contributed by atoms with Crippen LogP contribution >= 0.6 is 0 Å². The summed E-state index contributed by atoms with van der Waals surface area (Å²) in [5, 5.41) is 0. The summed E-state index contributed by atoms with van der Waals surface area (Å²) in [5.41, 5.74) is 8.38. The fraction of sp³-hybridized carbons (Fsp3) is 0.214. The summed E-state index contributed by atoms with van der Waals surface area (Å²) in [6, 6.07) is 6.52. The molecule has 0 aromatic heterocycles. The molecule has 1 unspecified atom stereocenters. The Morgan fingerprint density at radius 2 is 2.10 bits per heavy atom. The molecular formula is C14H14FN5. The van der Waals surface area contributed by atoms with Gasteiger partial charge in [-0.15, -0.1) is 0 Å². The smallest absolute Gasteiger partial charge is 0.210 e. The molecule has 3 aliphatic rings. The highest BCUT2D eigenvalue weighted by Crippen LogP contribution is 2.34. The lowest BCUT2D eigenvalue weighted by atomic mass is 10.0. The normalized spacial score (nSPS) is 28.2. The van der Waals surface area contributed by atoms with Gasteiger partial charge in [0.05, 0.1) is 13.3 Å². The van der Waals surface area contributed by atoms with Crippen molar-refractivity contribution < 1.29 is 4.39 Å². The lowest BCUT2D eigenvalue weighted by Crippen LogP contribution is -2.58. The minimum atomic E-state index is -0.509. The molecule has 0 radical (unpaired) electrons. The molecule has 0 bridgehead atoms. The highest BCUT2D eigenvalue weighted by Gasteiger charge is 2.47. The second kappa shape index (κ2) is 4.24. The molecule has 102 valence electrons.